The van der Waals surface area contributed by atoms with Crippen LogP contribution in [0.2, 0.25) is 0 Å². The quantitative estimate of drug-likeness (QED) is 0.699. The molecule has 0 radical (unpaired) electrons. The molecule has 0 bridgehead atoms. The summed E-state index contributed by atoms with van der Waals surface area (Å²) in [7, 11) is -1.92. The molecule has 0 spiro atoms. The summed E-state index contributed by atoms with van der Waals surface area (Å²) in [4.78, 5) is 12.6. The van der Waals surface area contributed by atoms with Crippen LogP contribution in [0.5, 0.6) is 5.75 Å². The number of amides is 1. The van der Waals surface area contributed by atoms with Crippen molar-refractivity contribution in [3.63, 3.8) is 0 Å². The lowest BCUT2D eigenvalue weighted by Gasteiger charge is -2.20. The molecule has 7 nitrogen and oxygen atoms in total. The standard InChI is InChI=1S/C22H29N3O4S/c1-17-7-12-21(29-2)20(15-17)24-22(26)16-23-18-8-10-19(11-9-18)30(27,28)25-13-5-3-4-6-14-25/h7-12,15,23H,3-6,13-14,16H2,1-2H3,(H,24,26). The minimum atomic E-state index is -3.47. The molecule has 8 heteroatoms. The molecule has 0 unspecified atom stereocenters. The van der Waals surface area contributed by atoms with E-state index >= 15 is 0 Å². The number of nitrogens with zero attached hydrogens (tertiary/aromatic N) is 1. The maximum absolute atomic E-state index is 12.8. The second-order valence-electron chi connectivity index (χ2n) is 7.45. The summed E-state index contributed by atoms with van der Waals surface area (Å²) in [5.41, 5.74) is 2.31. The SMILES string of the molecule is COc1ccc(C)cc1NC(=O)CNc1ccc(S(=O)(=O)N2CCCCCC2)cc1. The maximum atomic E-state index is 12.8. The smallest absolute Gasteiger partial charge is 0.243 e. The molecule has 1 saturated heterocycles. The Hall–Kier alpha value is -2.58. The van der Waals surface area contributed by atoms with Gasteiger partial charge in [0.1, 0.15) is 5.75 Å². The van der Waals surface area contributed by atoms with Gasteiger partial charge in [-0.1, -0.05) is 18.9 Å². The van der Waals surface area contributed by atoms with E-state index in [0.717, 1.165) is 31.2 Å². The molecule has 1 fully saturated rings. The van der Waals surface area contributed by atoms with Gasteiger partial charge in [0.2, 0.25) is 15.9 Å². The highest BCUT2D eigenvalue weighted by molar-refractivity contribution is 7.89. The van der Waals surface area contributed by atoms with Crippen molar-refractivity contribution in [3.05, 3.63) is 48.0 Å². The Balaban J connectivity index is 1.59. The van der Waals surface area contributed by atoms with Crippen molar-refractivity contribution in [2.75, 3.05) is 37.4 Å². The van der Waals surface area contributed by atoms with E-state index in [0.29, 0.717) is 30.2 Å². The Bertz CT molecular complexity index is 966. The minimum Gasteiger partial charge on any atom is -0.495 e. The minimum absolute atomic E-state index is 0.0509. The van der Waals surface area contributed by atoms with Gasteiger partial charge in [0.25, 0.3) is 0 Å². The Morgan fingerprint density at radius 1 is 1.03 bits per heavy atom. The number of carbonyl (C=O) groups is 1. The van der Waals surface area contributed by atoms with E-state index in [1.807, 2.05) is 25.1 Å². The zero-order valence-electron chi connectivity index (χ0n) is 17.5. The number of hydrogen-bond acceptors (Lipinski definition) is 5. The fraction of sp³-hybridized carbons (Fsp3) is 0.409. The second-order valence-corrected chi connectivity index (χ2v) is 9.39. The van der Waals surface area contributed by atoms with Crippen molar-refractivity contribution in [2.45, 2.75) is 37.5 Å². The lowest BCUT2D eigenvalue weighted by atomic mass is 10.2. The zero-order chi connectivity index (χ0) is 21.6. The monoisotopic (exact) mass is 431 g/mol. The molecule has 0 aliphatic carbocycles. The fourth-order valence-corrected chi connectivity index (χ4v) is 4.99. The molecule has 0 atom stereocenters. The molecule has 2 N–H and O–H groups in total. The van der Waals surface area contributed by atoms with Crippen LogP contribution in [0.15, 0.2) is 47.4 Å². The zero-order valence-corrected chi connectivity index (χ0v) is 18.3. The van der Waals surface area contributed by atoms with E-state index in [1.165, 1.54) is 0 Å². The molecule has 30 heavy (non-hydrogen) atoms. The van der Waals surface area contributed by atoms with Gasteiger partial charge < -0.3 is 15.4 Å². The third kappa shape index (κ3) is 5.52. The van der Waals surface area contributed by atoms with Gasteiger partial charge in [0.15, 0.2) is 0 Å². The molecule has 0 saturated carbocycles. The summed E-state index contributed by atoms with van der Waals surface area (Å²) >= 11 is 0. The number of nitrogens with one attached hydrogen (secondary N) is 2. The predicted octanol–water partition coefficient (Wildman–Crippen LogP) is 3.62. The van der Waals surface area contributed by atoms with E-state index in [-0.39, 0.29) is 17.3 Å². The number of methoxy groups -OCH3 is 1. The Kier molecular flexibility index (Phi) is 7.33. The van der Waals surface area contributed by atoms with Gasteiger partial charge in [0, 0.05) is 18.8 Å². The highest BCUT2D eigenvalue weighted by Gasteiger charge is 2.24. The summed E-state index contributed by atoms with van der Waals surface area (Å²) in [6.45, 7) is 3.14. The van der Waals surface area contributed by atoms with Crippen LogP contribution in [0, 0.1) is 6.92 Å². The molecular weight excluding hydrogens is 402 g/mol. The first-order valence-corrected chi connectivity index (χ1v) is 11.6. The van der Waals surface area contributed by atoms with Crippen LogP contribution in [0.4, 0.5) is 11.4 Å². The maximum Gasteiger partial charge on any atom is 0.243 e. The normalized spacial score (nSPS) is 15.3. The second kappa shape index (κ2) is 9.95. The molecule has 1 aliphatic heterocycles. The van der Waals surface area contributed by atoms with Crippen LogP contribution in [0.1, 0.15) is 31.2 Å². The number of aryl methyl sites for hydroxylation is 1. The predicted molar refractivity (Wildman–Crippen MR) is 119 cm³/mol. The summed E-state index contributed by atoms with van der Waals surface area (Å²) in [5, 5.41) is 5.85. The highest BCUT2D eigenvalue weighted by atomic mass is 32.2. The van der Waals surface area contributed by atoms with Crippen molar-refractivity contribution in [1.82, 2.24) is 4.31 Å². The number of sulfonamides is 1. The number of anilines is 2. The topological polar surface area (TPSA) is 87.7 Å². The van der Waals surface area contributed by atoms with Gasteiger partial charge >= 0.3 is 0 Å². The summed E-state index contributed by atoms with van der Waals surface area (Å²) < 4.78 is 32.5. The third-order valence-corrected chi connectivity index (χ3v) is 7.05. The number of ether oxygens (including phenoxy) is 1. The van der Waals surface area contributed by atoms with E-state index in [9.17, 15) is 13.2 Å². The Morgan fingerprint density at radius 2 is 1.70 bits per heavy atom. The average molecular weight is 432 g/mol. The van der Waals surface area contributed by atoms with Crippen molar-refractivity contribution in [2.24, 2.45) is 0 Å². The van der Waals surface area contributed by atoms with Gasteiger partial charge in [-0.3, -0.25) is 4.79 Å². The molecule has 1 aliphatic rings. The van der Waals surface area contributed by atoms with Gasteiger partial charge in [-0.15, -0.1) is 0 Å². The van der Waals surface area contributed by atoms with Gasteiger partial charge in [-0.2, -0.15) is 4.31 Å². The van der Waals surface area contributed by atoms with Crippen LogP contribution >= 0.6 is 0 Å². The lowest BCUT2D eigenvalue weighted by Crippen LogP contribution is -2.31. The van der Waals surface area contributed by atoms with Crippen molar-refractivity contribution in [3.8, 4) is 5.75 Å². The van der Waals surface area contributed by atoms with Crippen LogP contribution in [0.3, 0.4) is 0 Å². The van der Waals surface area contributed by atoms with Crippen LogP contribution in [0.25, 0.3) is 0 Å². The summed E-state index contributed by atoms with van der Waals surface area (Å²) in [5.74, 6) is 0.372. The summed E-state index contributed by atoms with van der Waals surface area (Å²) in [6.07, 6.45) is 3.95. The number of rotatable bonds is 7. The Morgan fingerprint density at radius 3 is 2.33 bits per heavy atom. The van der Waals surface area contributed by atoms with Gasteiger partial charge in [-0.05, 0) is 61.7 Å². The van der Waals surface area contributed by atoms with Crippen LogP contribution in [-0.2, 0) is 14.8 Å². The van der Waals surface area contributed by atoms with Crippen molar-refractivity contribution in [1.29, 1.82) is 0 Å². The van der Waals surface area contributed by atoms with Crippen LogP contribution in [-0.4, -0.2) is 45.4 Å². The molecule has 3 rings (SSSR count). The summed E-state index contributed by atoms with van der Waals surface area (Å²) in [6, 6.07) is 12.1. The molecule has 2 aromatic rings. The van der Waals surface area contributed by atoms with E-state index in [1.54, 1.807) is 35.7 Å². The van der Waals surface area contributed by atoms with E-state index in [4.69, 9.17) is 4.74 Å². The third-order valence-electron chi connectivity index (χ3n) is 5.14. The molecule has 0 aromatic heterocycles. The molecule has 2 aromatic carbocycles. The van der Waals surface area contributed by atoms with Crippen LogP contribution < -0.4 is 15.4 Å². The molecule has 1 heterocycles. The Labute approximate surface area is 178 Å². The average Bonchev–Trinajstić information content (AvgIpc) is 3.03. The van der Waals surface area contributed by atoms with Crippen molar-refractivity contribution >= 4 is 27.3 Å². The highest BCUT2D eigenvalue weighted by Crippen LogP contribution is 2.25. The number of benzene rings is 2. The van der Waals surface area contributed by atoms with E-state index < -0.39 is 10.0 Å². The van der Waals surface area contributed by atoms with Gasteiger partial charge in [0.05, 0.1) is 24.2 Å². The first-order chi connectivity index (χ1) is 14.4. The number of carbonyl (C=O) groups excluding carboxylic acids is 1. The first-order valence-electron chi connectivity index (χ1n) is 10.2. The molecule has 1 amide bonds. The molecular formula is C22H29N3O4S. The van der Waals surface area contributed by atoms with Crippen molar-refractivity contribution < 1.29 is 17.9 Å². The van der Waals surface area contributed by atoms with E-state index in [2.05, 4.69) is 10.6 Å². The number of hydrogen-bond donors (Lipinski definition) is 2. The van der Waals surface area contributed by atoms with Gasteiger partial charge in [-0.25, -0.2) is 8.42 Å². The fourth-order valence-electron chi connectivity index (χ4n) is 3.47. The largest absolute Gasteiger partial charge is 0.495 e. The molecule has 162 valence electrons. The lowest BCUT2D eigenvalue weighted by molar-refractivity contribution is -0.114. The first kappa shape index (κ1) is 22.1.